The number of hydrogen-bond donors (Lipinski definition) is 1. The minimum atomic E-state index is -7.30. The van der Waals surface area contributed by atoms with E-state index in [1.165, 1.54) is 0 Å². The number of aromatic nitrogens is 1. The van der Waals surface area contributed by atoms with Crippen molar-refractivity contribution in [2.45, 2.75) is 23.3 Å². The maximum absolute atomic E-state index is 13.3. The van der Waals surface area contributed by atoms with Crippen molar-refractivity contribution < 1.29 is 47.9 Å². The summed E-state index contributed by atoms with van der Waals surface area (Å²) in [6, 6.07) is 1.35. The van der Waals surface area contributed by atoms with E-state index in [1.54, 1.807) is 0 Å². The lowest BCUT2D eigenvalue weighted by Crippen LogP contribution is -2.64. The van der Waals surface area contributed by atoms with Crippen molar-refractivity contribution in [1.82, 2.24) is 4.98 Å². The van der Waals surface area contributed by atoms with Crippen molar-refractivity contribution in [1.29, 1.82) is 0 Å². The lowest BCUT2D eigenvalue weighted by Gasteiger charge is -2.33. The second-order valence-electron chi connectivity index (χ2n) is 4.00. The number of halogens is 9. The van der Waals surface area contributed by atoms with Crippen LogP contribution in [0.15, 0.2) is 24.5 Å². The molecule has 0 aliphatic heterocycles. The number of rotatable bonds is 5. The molecule has 0 amide bonds. The first-order valence-corrected chi connectivity index (χ1v) is 6.69. The van der Waals surface area contributed by atoms with Crippen molar-refractivity contribution in [3.8, 4) is 0 Å². The molecule has 0 spiro atoms. The van der Waals surface area contributed by atoms with E-state index >= 15 is 0 Å². The molecule has 0 unspecified atom stereocenters. The van der Waals surface area contributed by atoms with Crippen LogP contribution in [0.2, 0.25) is 0 Å². The molecule has 4 nitrogen and oxygen atoms in total. The first kappa shape index (κ1) is 19.3. The first-order chi connectivity index (χ1) is 10.1. The molecule has 0 saturated carbocycles. The molecule has 0 aliphatic rings. The van der Waals surface area contributed by atoms with Crippen molar-refractivity contribution >= 4 is 15.7 Å². The number of nitrogens with one attached hydrogen (secondary N) is 1. The van der Waals surface area contributed by atoms with Crippen LogP contribution in [0.1, 0.15) is 0 Å². The molecule has 0 saturated heterocycles. The molecule has 0 radical (unpaired) electrons. The fourth-order valence-corrected chi connectivity index (χ4v) is 2.21. The maximum atomic E-state index is 13.3. The van der Waals surface area contributed by atoms with E-state index in [0.717, 1.165) is 17.1 Å². The quantitative estimate of drug-likeness (QED) is 0.803. The molecule has 0 fully saturated rings. The van der Waals surface area contributed by atoms with E-state index in [4.69, 9.17) is 0 Å². The highest BCUT2D eigenvalue weighted by Crippen LogP contribution is 2.54. The molecule has 0 atom stereocenters. The topological polar surface area (TPSA) is 59.1 Å². The first-order valence-electron chi connectivity index (χ1n) is 5.20. The zero-order valence-corrected chi connectivity index (χ0v) is 11.2. The molecule has 1 rings (SSSR count). The summed E-state index contributed by atoms with van der Waals surface area (Å²) in [6.07, 6.45) is -5.47. The van der Waals surface area contributed by atoms with Crippen LogP contribution in [0.3, 0.4) is 0 Å². The zero-order chi connectivity index (χ0) is 18.3. The highest BCUT2D eigenvalue weighted by Gasteiger charge is 2.85. The van der Waals surface area contributed by atoms with Crippen LogP contribution < -0.4 is 4.72 Å². The normalized spacial score (nSPS) is 14.7. The largest absolute Gasteiger partial charge is 0.460 e. The molecule has 0 aliphatic carbocycles. The van der Waals surface area contributed by atoms with Gasteiger partial charge in [0, 0.05) is 12.4 Å². The molecule has 0 aromatic carbocycles. The van der Waals surface area contributed by atoms with E-state index in [2.05, 4.69) is 4.98 Å². The van der Waals surface area contributed by atoms with Crippen molar-refractivity contribution in [2.75, 3.05) is 4.72 Å². The predicted molar refractivity (Wildman–Crippen MR) is 57.7 cm³/mol. The Labute approximate surface area is 122 Å². The van der Waals surface area contributed by atoms with Gasteiger partial charge in [-0.3, -0.25) is 9.71 Å². The van der Waals surface area contributed by atoms with E-state index in [9.17, 15) is 47.9 Å². The van der Waals surface area contributed by atoms with Gasteiger partial charge in [0.05, 0.1) is 5.69 Å². The Morgan fingerprint density at radius 2 is 1.26 bits per heavy atom. The Balaban J connectivity index is 3.33. The second-order valence-corrected chi connectivity index (χ2v) is 5.73. The second kappa shape index (κ2) is 5.42. The smallest absolute Gasteiger partial charge is 0.278 e. The summed E-state index contributed by atoms with van der Waals surface area (Å²) in [7, 11) is -6.66. The molecule has 1 aromatic heterocycles. The molecule has 1 heterocycles. The Morgan fingerprint density at radius 1 is 0.826 bits per heavy atom. The minimum Gasteiger partial charge on any atom is -0.278 e. The van der Waals surface area contributed by atoms with Crippen LogP contribution in [0.25, 0.3) is 0 Å². The lowest BCUT2D eigenvalue weighted by atomic mass is 10.1. The van der Waals surface area contributed by atoms with Gasteiger partial charge in [-0.05, 0) is 12.1 Å². The van der Waals surface area contributed by atoms with Gasteiger partial charge < -0.3 is 0 Å². The third-order valence-corrected chi connectivity index (χ3v) is 3.82. The van der Waals surface area contributed by atoms with Crippen LogP contribution in [0.5, 0.6) is 0 Å². The van der Waals surface area contributed by atoms with E-state index in [0.29, 0.717) is 12.1 Å². The molecule has 0 bridgehead atoms. The molecular formula is C9H5F9N2O2S. The van der Waals surface area contributed by atoms with Crippen molar-refractivity contribution in [2.24, 2.45) is 0 Å². The van der Waals surface area contributed by atoms with Crippen LogP contribution in [-0.4, -0.2) is 36.7 Å². The number of anilines is 1. The van der Waals surface area contributed by atoms with Gasteiger partial charge in [0.1, 0.15) is 0 Å². The van der Waals surface area contributed by atoms with Crippen molar-refractivity contribution in [3.05, 3.63) is 24.5 Å². The Hall–Kier alpha value is -1.73. The van der Waals surface area contributed by atoms with Gasteiger partial charge in [-0.25, -0.2) is 0 Å². The average Bonchev–Trinajstić information content (AvgIpc) is 2.37. The third kappa shape index (κ3) is 3.03. The zero-order valence-electron chi connectivity index (χ0n) is 10.4. The fraction of sp³-hybridized carbons (Fsp3) is 0.444. The molecule has 14 heteroatoms. The number of sulfonamides is 1. The number of nitrogens with zero attached hydrogens (tertiary/aromatic N) is 1. The van der Waals surface area contributed by atoms with Gasteiger partial charge in [0.25, 0.3) is 0 Å². The van der Waals surface area contributed by atoms with Gasteiger partial charge in [0.2, 0.25) is 0 Å². The number of hydrogen-bond acceptors (Lipinski definition) is 3. The van der Waals surface area contributed by atoms with Crippen molar-refractivity contribution in [3.63, 3.8) is 0 Å². The van der Waals surface area contributed by atoms with E-state index < -0.39 is 39.0 Å². The summed E-state index contributed by atoms with van der Waals surface area (Å²) >= 11 is 0. The predicted octanol–water partition coefficient (Wildman–Crippen LogP) is 3.25. The Morgan fingerprint density at radius 3 is 1.65 bits per heavy atom. The monoisotopic (exact) mass is 376 g/mol. The summed E-state index contributed by atoms with van der Waals surface area (Å²) in [5.74, 6) is -14.6. The molecule has 132 valence electrons. The average molecular weight is 376 g/mol. The van der Waals surface area contributed by atoms with Gasteiger partial charge in [-0.15, -0.1) is 0 Å². The third-order valence-electron chi connectivity index (χ3n) is 2.39. The van der Waals surface area contributed by atoms with Gasteiger partial charge >= 0.3 is 33.3 Å². The van der Waals surface area contributed by atoms with E-state index in [-0.39, 0.29) is 0 Å². The fourth-order valence-electron chi connectivity index (χ4n) is 1.17. The maximum Gasteiger partial charge on any atom is 0.460 e. The summed E-state index contributed by atoms with van der Waals surface area (Å²) in [4.78, 5) is 3.32. The Bertz CT molecular complexity index is 657. The van der Waals surface area contributed by atoms with Gasteiger partial charge in [-0.1, -0.05) is 0 Å². The highest BCUT2D eigenvalue weighted by molar-refractivity contribution is 7.93. The molecule has 23 heavy (non-hydrogen) atoms. The van der Waals surface area contributed by atoms with Crippen LogP contribution in [0.4, 0.5) is 45.2 Å². The SMILES string of the molecule is O=S(=O)(Nc1ccncc1)C(F)(F)C(F)(F)C(F)(F)C(F)(F)F. The number of pyridine rings is 1. The summed E-state index contributed by atoms with van der Waals surface area (Å²) < 4.78 is 137. The molecular weight excluding hydrogens is 371 g/mol. The molecule has 1 aromatic rings. The van der Waals surface area contributed by atoms with E-state index in [1.807, 2.05) is 0 Å². The van der Waals surface area contributed by atoms with Gasteiger partial charge in [0.15, 0.2) is 0 Å². The Kier molecular flexibility index (Phi) is 4.55. The van der Waals surface area contributed by atoms with Crippen LogP contribution >= 0.6 is 0 Å². The molecule has 1 N–H and O–H groups in total. The standard InChI is InChI=1S/C9H5F9N2O2S/c10-6(11,8(14,15)16)7(12,13)9(17,18)23(21,22)20-5-1-3-19-4-2-5/h1-4H,(H,19,20). The lowest BCUT2D eigenvalue weighted by molar-refractivity contribution is -0.382. The minimum absolute atomic E-state index is 0.674. The van der Waals surface area contributed by atoms with Gasteiger partial charge in [-0.2, -0.15) is 47.9 Å². The summed E-state index contributed by atoms with van der Waals surface area (Å²) in [5.41, 5.74) is -0.800. The number of alkyl halides is 9. The highest BCUT2D eigenvalue weighted by atomic mass is 32.2. The summed E-state index contributed by atoms with van der Waals surface area (Å²) in [5, 5.41) is -6.78. The van der Waals surface area contributed by atoms with Crippen LogP contribution in [-0.2, 0) is 10.0 Å². The van der Waals surface area contributed by atoms with Crippen LogP contribution in [0, 0.1) is 0 Å². The summed E-state index contributed by atoms with van der Waals surface area (Å²) in [6.45, 7) is 0.